The van der Waals surface area contributed by atoms with Crippen LogP contribution >= 0.6 is 11.8 Å². The van der Waals surface area contributed by atoms with Gasteiger partial charge in [0.1, 0.15) is 0 Å². The molecule has 23 heavy (non-hydrogen) atoms. The Kier molecular flexibility index (Phi) is 4.69. The molecule has 0 aliphatic carbocycles. The van der Waals surface area contributed by atoms with Crippen molar-refractivity contribution in [2.75, 3.05) is 0 Å². The van der Waals surface area contributed by atoms with E-state index in [9.17, 15) is 0 Å². The number of hydrogen-bond donors (Lipinski definition) is 0. The average molecular weight is 321 g/mol. The van der Waals surface area contributed by atoms with Crippen LogP contribution in [0.5, 0.6) is 0 Å². The summed E-state index contributed by atoms with van der Waals surface area (Å²) in [5, 5.41) is 18.2. The number of thioether (sulfide) groups is 1. The lowest BCUT2D eigenvalue weighted by atomic mass is 10.2. The summed E-state index contributed by atoms with van der Waals surface area (Å²) in [5.74, 6) is 0.759. The van der Waals surface area contributed by atoms with E-state index in [1.165, 1.54) is 11.8 Å². The third-order valence-electron chi connectivity index (χ3n) is 3.28. The predicted octanol–water partition coefficient (Wildman–Crippen LogP) is 3.39. The van der Waals surface area contributed by atoms with Gasteiger partial charge in [-0.2, -0.15) is 5.26 Å². The molecule has 3 aromatic rings. The van der Waals surface area contributed by atoms with E-state index in [4.69, 9.17) is 5.26 Å². The van der Waals surface area contributed by atoms with Gasteiger partial charge in [-0.1, -0.05) is 42.1 Å². The van der Waals surface area contributed by atoms with Crippen LogP contribution in [0.1, 0.15) is 12.5 Å². The van der Waals surface area contributed by atoms with Crippen molar-refractivity contribution in [2.24, 2.45) is 0 Å². The molecular weight excluding hydrogens is 306 g/mol. The molecule has 0 bridgehead atoms. The van der Waals surface area contributed by atoms with E-state index in [1.54, 1.807) is 12.4 Å². The van der Waals surface area contributed by atoms with Crippen LogP contribution in [-0.4, -0.2) is 25.0 Å². The van der Waals surface area contributed by atoms with Crippen LogP contribution in [0.15, 0.2) is 60.0 Å². The van der Waals surface area contributed by atoms with Crippen molar-refractivity contribution in [2.45, 2.75) is 23.9 Å². The highest BCUT2D eigenvalue weighted by Gasteiger charge is 2.17. The van der Waals surface area contributed by atoms with Crippen LogP contribution in [0.2, 0.25) is 0 Å². The number of nitrogens with zero attached hydrogens (tertiary/aromatic N) is 5. The van der Waals surface area contributed by atoms with E-state index < -0.39 is 0 Å². The number of pyridine rings is 1. The molecule has 1 atom stereocenters. The van der Waals surface area contributed by atoms with E-state index >= 15 is 0 Å². The second-order valence-corrected chi connectivity index (χ2v) is 6.32. The number of hydrogen-bond acceptors (Lipinski definition) is 5. The van der Waals surface area contributed by atoms with Gasteiger partial charge in [-0.15, -0.1) is 10.2 Å². The molecule has 3 rings (SSSR count). The number of nitriles is 1. The zero-order valence-electron chi connectivity index (χ0n) is 12.6. The van der Waals surface area contributed by atoms with E-state index in [0.29, 0.717) is 6.54 Å². The van der Waals surface area contributed by atoms with Crippen molar-refractivity contribution >= 4 is 11.8 Å². The van der Waals surface area contributed by atoms with Crippen LogP contribution in [0.25, 0.3) is 11.4 Å². The van der Waals surface area contributed by atoms with Gasteiger partial charge >= 0.3 is 0 Å². The van der Waals surface area contributed by atoms with Gasteiger partial charge in [0.15, 0.2) is 11.0 Å². The maximum atomic E-state index is 9.06. The summed E-state index contributed by atoms with van der Waals surface area (Å²) < 4.78 is 2.03. The number of rotatable bonds is 5. The molecule has 2 heterocycles. The van der Waals surface area contributed by atoms with E-state index in [0.717, 1.165) is 22.1 Å². The quantitative estimate of drug-likeness (QED) is 0.674. The van der Waals surface area contributed by atoms with Gasteiger partial charge in [0.05, 0.1) is 17.9 Å². The fourth-order valence-corrected chi connectivity index (χ4v) is 2.91. The monoisotopic (exact) mass is 321 g/mol. The van der Waals surface area contributed by atoms with E-state index in [2.05, 4.69) is 33.4 Å². The molecule has 0 fully saturated rings. The maximum Gasteiger partial charge on any atom is 0.193 e. The second-order valence-electron chi connectivity index (χ2n) is 5.01. The molecule has 0 amide bonds. The molecule has 0 radical (unpaired) electrons. The standard InChI is InChI=1S/C17H15N5S/c1-13(10-18)23-17-21-20-16(15-8-5-9-19-11-15)22(17)12-14-6-3-2-4-7-14/h2-9,11,13H,12H2,1H3/t13-/m0/s1. The summed E-state index contributed by atoms with van der Waals surface area (Å²) >= 11 is 1.41. The van der Waals surface area contributed by atoms with Crippen molar-refractivity contribution in [1.82, 2.24) is 19.7 Å². The molecule has 0 N–H and O–H groups in total. The van der Waals surface area contributed by atoms with Crippen LogP contribution in [0.3, 0.4) is 0 Å². The molecule has 6 heteroatoms. The zero-order valence-corrected chi connectivity index (χ0v) is 13.4. The van der Waals surface area contributed by atoms with E-state index in [-0.39, 0.29) is 5.25 Å². The first-order valence-corrected chi connectivity index (χ1v) is 8.09. The Morgan fingerprint density at radius 2 is 2.00 bits per heavy atom. The zero-order chi connectivity index (χ0) is 16.1. The van der Waals surface area contributed by atoms with Crippen LogP contribution in [0.4, 0.5) is 0 Å². The second kappa shape index (κ2) is 7.07. The lowest BCUT2D eigenvalue weighted by Crippen LogP contribution is -2.05. The maximum absolute atomic E-state index is 9.06. The molecule has 0 aliphatic rings. The van der Waals surface area contributed by atoms with Gasteiger partial charge in [-0.3, -0.25) is 9.55 Å². The van der Waals surface area contributed by atoms with Crippen molar-refractivity contribution in [3.8, 4) is 17.5 Å². The molecule has 1 aromatic carbocycles. The highest BCUT2D eigenvalue weighted by Crippen LogP contribution is 2.27. The van der Waals surface area contributed by atoms with Gasteiger partial charge < -0.3 is 0 Å². The van der Waals surface area contributed by atoms with Crippen LogP contribution in [0, 0.1) is 11.3 Å². The molecule has 0 saturated carbocycles. The highest BCUT2D eigenvalue weighted by molar-refractivity contribution is 8.00. The summed E-state index contributed by atoms with van der Waals surface area (Å²) in [6, 6.07) is 16.2. The fraction of sp³-hybridized carbons (Fsp3) is 0.176. The van der Waals surface area contributed by atoms with Gasteiger partial charge in [-0.05, 0) is 24.6 Å². The average Bonchev–Trinajstić information content (AvgIpc) is 2.99. The molecule has 0 unspecified atom stereocenters. The molecular formula is C17H15N5S. The van der Waals surface area contributed by atoms with Gasteiger partial charge in [0.25, 0.3) is 0 Å². The smallest absolute Gasteiger partial charge is 0.193 e. The van der Waals surface area contributed by atoms with Crippen molar-refractivity contribution in [1.29, 1.82) is 5.26 Å². The summed E-state index contributed by atoms with van der Waals surface area (Å²) in [4.78, 5) is 4.16. The van der Waals surface area contributed by atoms with Crippen LogP contribution in [-0.2, 0) is 6.54 Å². The topological polar surface area (TPSA) is 67.4 Å². The molecule has 0 aliphatic heterocycles. The minimum absolute atomic E-state index is 0.185. The van der Waals surface area contributed by atoms with Crippen molar-refractivity contribution in [3.63, 3.8) is 0 Å². The lowest BCUT2D eigenvalue weighted by molar-refractivity contribution is 0.714. The Morgan fingerprint density at radius 1 is 1.17 bits per heavy atom. The Hall–Kier alpha value is -2.65. The minimum Gasteiger partial charge on any atom is -0.297 e. The van der Waals surface area contributed by atoms with Crippen LogP contribution < -0.4 is 0 Å². The van der Waals surface area contributed by atoms with Crippen molar-refractivity contribution in [3.05, 3.63) is 60.4 Å². The normalized spacial score (nSPS) is 11.8. The minimum atomic E-state index is -0.185. The summed E-state index contributed by atoms with van der Waals surface area (Å²) in [6.07, 6.45) is 3.50. The Labute approximate surface area is 139 Å². The molecule has 0 spiro atoms. The Morgan fingerprint density at radius 3 is 2.70 bits per heavy atom. The molecule has 114 valence electrons. The van der Waals surface area contributed by atoms with Gasteiger partial charge in [0, 0.05) is 18.0 Å². The highest BCUT2D eigenvalue weighted by atomic mass is 32.2. The SMILES string of the molecule is C[C@@H](C#N)Sc1nnc(-c2cccnc2)n1Cc1ccccc1. The van der Waals surface area contributed by atoms with E-state index in [1.807, 2.05) is 41.8 Å². The van der Waals surface area contributed by atoms with Gasteiger partial charge in [-0.25, -0.2) is 0 Å². The fourth-order valence-electron chi connectivity index (χ4n) is 2.18. The van der Waals surface area contributed by atoms with Crippen molar-refractivity contribution < 1.29 is 0 Å². The first-order valence-electron chi connectivity index (χ1n) is 7.21. The molecule has 0 saturated heterocycles. The first kappa shape index (κ1) is 15.3. The first-order chi connectivity index (χ1) is 11.3. The number of benzene rings is 1. The Balaban J connectivity index is 2.01. The summed E-state index contributed by atoms with van der Waals surface area (Å²) in [5.41, 5.74) is 2.07. The Bertz CT molecular complexity index is 808. The van der Waals surface area contributed by atoms with Gasteiger partial charge in [0.2, 0.25) is 0 Å². The predicted molar refractivity (Wildman–Crippen MR) is 89.7 cm³/mol. The molecule has 2 aromatic heterocycles. The number of aromatic nitrogens is 4. The largest absolute Gasteiger partial charge is 0.297 e. The molecule has 5 nitrogen and oxygen atoms in total. The lowest BCUT2D eigenvalue weighted by Gasteiger charge is -2.10. The third-order valence-corrected chi connectivity index (χ3v) is 4.26. The third kappa shape index (κ3) is 3.58. The summed E-state index contributed by atoms with van der Waals surface area (Å²) in [7, 11) is 0. The summed E-state index contributed by atoms with van der Waals surface area (Å²) in [6.45, 7) is 2.51.